The summed E-state index contributed by atoms with van der Waals surface area (Å²) in [6, 6.07) is 0.0511. The van der Waals surface area contributed by atoms with Crippen molar-refractivity contribution in [3.63, 3.8) is 0 Å². The Labute approximate surface area is 146 Å². The van der Waals surface area contributed by atoms with Gasteiger partial charge in [0.05, 0.1) is 12.2 Å². The van der Waals surface area contributed by atoms with E-state index in [1.54, 1.807) is 10.7 Å². The largest absolute Gasteiger partial charge is 0.330 e. The first-order valence-corrected chi connectivity index (χ1v) is 9.03. The van der Waals surface area contributed by atoms with Gasteiger partial charge >= 0.3 is 0 Å². The first-order chi connectivity index (χ1) is 11.6. The van der Waals surface area contributed by atoms with E-state index in [1.807, 2.05) is 43.1 Å². The maximum Gasteiger partial charge on any atom is 0.285 e. The average molecular weight is 342 g/mol. The molecular weight excluding hydrogens is 320 g/mol. The maximum atomic E-state index is 13.0. The predicted octanol–water partition coefficient (Wildman–Crippen LogP) is 3.78. The van der Waals surface area contributed by atoms with E-state index in [9.17, 15) is 4.79 Å². The molecule has 0 N–H and O–H groups in total. The van der Waals surface area contributed by atoms with Gasteiger partial charge in [0.1, 0.15) is 10.7 Å². The summed E-state index contributed by atoms with van der Waals surface area (Å²) in [7, 11) is 0. The number of aryl methyl sites for hydroxylation is 1. The quantitative estimate of drug-likeness (QED) is 0.795. The molecular formula is C18H22N4OS. The molecule has 2 aromatic heterocycles. The lowest BCUT2D eigenvalue weighted by atomic mass is 9.95. The van der Waals surface area contributed by atoms with Crippen LogP contribution in [0.5, 0.6) is 0 Å². The number of fused-ring (bicyclic) bond motifs is 1. The number of likely N-dealkylation sites (tertiary alicyclic amines) is 1. The predicted molar refractivity (Wildman–Crippen MR) is 97.4 cm³/mol. The summed E-state index contributed by atoms with van der Waals surface area (Å²) in [4.78, 5) is 20.0. The number of imidazole rings is 1. The van der Waals surface area contributed by atoms with E-state index in [-0.39, 0.29) is 11.9 Å². The van der Waals surface area contributed by atoms with Crippen molar-refractivity contribution in [1.29, 1.82) is 0 Å². The van der Waals surface area contributed by atoms with Crippen LogP contribution in [0.25, 0.3) is 4.83 Å². The first kappa shape index (κ1) is 16.6. The number of nitrogens with zero attached hydrogens (tertiary/aromatic N) is 4. The van der Waals surface area contributed by atoms with Crippen molar-refractivity contribution in [2.45, 2.75) is 39.2 Å². The molecule has 6 heteroatoms. The smallest absolute Gasteiger partial charge is 0.285 e. The zero-order valence-corrected chi connectivity index (χ0v) is 14.9. The van der Waals surface area contributed by atoms with Crippen LogP contribution >= 0.6 is 11.3 Å². The fourth-order valence-electron chi connectivity index (χ4n) is 2.99. The van der Waals surface area contributed by atoms with Crippen LogP contribution in [0, 0.1) is 6.92 Å². The molecule has 3 heterocycles. The number of rotatable bonds is 4. The van der Waals surface area contributed by atoms with Crippen LogP contribution in [0.2, 0.25) is 0 Å². The number of hydrogen-bond donors (Lipinski definition) is 0. The van der Waals surface area contributed by atoms with E-state index in [0.717, 1.165) is 42.0 Å². The van der Waals surface area contributed by atoms with Gasteiger partial charge in [-0.15, -0.1) is 5.10 Å². The van der Waals surface area contributed by atoms with E-state index in [0.29, 0.717) is 5.01 Å². The molecule has 1 fully saturated rings. The molecule has 0 aromatic carbocycles. The molecule has 0 unspecified atom stereocenters. The van der Waals surface area contributed by atoms with Crippen molar-refractivity contribution in [3.05, 3.63) is 53.5 Å². The fourth-order valence-corrected chi connectivity index (χ4v) is 3.88. The molecule has 126 valence electrons. The Morgan fingerprint density at radius 2 is 2.25 bits per heavy atom. The van der Waals surface area contributed by atoms with E-state index in [4.69, 9.17) is 0 Å². The number of amides is 1. The summed E-state index contributed by atoms with van der Waals surface area (Å²) < 4.78 is 1.73. The van der Waals surface area contributed by atoms with Crippen LogP contribution in [-0.2, 0) is 0 Å². The van der Waals surface area contributed by atoms with Crippen LogP contribution < -0.4 is 0 Å². The minimum atomic E-state index is -0.00613. The molecule has 1 aliphatic rings. The second kappa shape index (κ2) is 7.13. The highest BCUT2D eigenvalue weighted by atomic mass is 32.1. The lowest BCUT2D eigenvalue weighted by molar-refractivity contribution is 0.0655. The summed E-state index contributed by atoms with van der Waals surface area (Å²) in [6.07, 6.45) is 12.8. The second-order valence-corrected chi connectivity index (χ2v) is 6.94. The Bertz CT molecular complexity index is 814. The zero-order chi connectivity index (χ0) is 17.1. The Morgan fingerprint density at radius 3 is 3.00 bits per heavy atom. The van der Waals surface area contributed by atoms with Gasteiger partial charge < -0.3 is 4.90 Å². The van der Waals surface area contributed by atoms with Gasteiger partial charge in [-0.25, -0.2) is 9.50 Å². The third kappa shape index (κ3) is 3.19. The van der Waals surface area contributed by atoms with Crippen molar-refractivity contribution in [3.8, 4) is 0 Å². The lowest BCUT2D eigenvalue weighted by Gasteiger charge is -2.35. The zero-order valence-electron chi connectivity index (χ0n) is 14.1. The third-order valence-corrected chi connectivity index (χ3v) is 5.19. The number of allylic oxidation sites excluding steroid dienone is 3. The summed E-state index contributed by atoms with van der Waals surface area (Å²) in [6.45, 7) is 8.80. The monoisotopic (exact) mass is 342 g/mol. The van der Waals surface area contributed by atoms with Crippen molar-refractivity contribution in [1.82, 2.24) is 19.5 Å². The highest BCUT2D eigenvalue weighted by Gasteiger charge is 2.30. The lowest BCUT2D eigenvalue weighted by Crippen LogP contribution is -2.44. The van der Waals surface area contributed by atoms with E-state index < -0.39 is 0 Å². The summed E-state index contributed by atoms with van der Waals surface area (Å²) in [5.74, 6) is 0.794. The highest BCUT2D eigenvalue weighted by molar-refractivity contribution is 7.18. The van der Waals surface area contributed by atoms with E-state index >= 15 is 0 Å². The van der Waals surface area contributed by atoms with Crippen LogP contribution in [0.15, 0.2) is 42.7 Å². The van der Waals surface area contributed by atoms with Gasteiger partial charge in [-0.2, -0.15) is 0 Å². The van der Waals surface area contributed by atoms with Crippen molar-refractivity contribution in [2.75, 3.05) is 6.54 Å². The molecule has 0 saturated carbocycles. The van der Waals surface area contributed by atoms with Gasteiger partial charge in [0.2, 0.25) is 5.01 Å². The summed E-state index contributed by atoms with van der Waals surface area (Å²) in [5, 5.41) is 4.96. The number of carbonyl (C=O) groups is 1. The molecule has 2 aromatic rings. The molecule has 1 aliphatic heterocycles. The Balaban J connectivity index is 1.83. The first-order valence-electron chi connectivity index (χ1n) is 8.22. The molecule has 24 heavy (non-hydrogen) atoms. The van der Waals surface area contributed by atoms with Gasteiger partial charge in [0.15, 0.2) is 0 Å². The minimum absolute atomic E-state index is 0.00613. The Hall–Kier alpha value is -2.21. The van der Waals surface area contributed by atoms with Crippen molar-refractivity contribution < 1.29 is 4.79 Å². The van der Waals surface area contributed by atoms with Gasteiger partial charge in [0.25, 0.3) is 5.91 Å². The maximum absolute atomic E-state index is 13.0. The highest BCUT2D eigenvalue weighted by Crippen LogP contribution is 2.26. The molecule has 3 rings (SSSR count). The SMILES string of the molecule is C=C(/C=C\C=C/C)[C@@H]1CCCCN1C(=O)c1nn2c(C)ncc2s1. The Morgan fingerprint density at radius 1 is 1.42 bits per heavy atom. The molecule has 0 bridgehead atoms. The van der Waals surface area contributed by atoms with Gasteiger partial charge in [-0.1, -0.05) is 42.2 Å². The number of piperidine rings is 1. The van der Waals surface area contributed by atoms with E-state index in [1.165, 1.54) is 11.3 Å². The fraction of sp³-hybridized carbons (Fsp3) is 0.389. The standard InChI is InChI=1S/C18H22N4OS/c1-4-5-6-9-13(2)15-10-7-8-11-21(15)18(23)17-20-22-14(3)19-12-16(22)24-17/h4-6,9,12,15H,2,7-8,10-11H2,1,3H3/b5-4-,9-6-/t15-/m0/s1. The van der Waals surface area contributed by atoms with Gasteiger partial charge in [-0.3, -0.25) is 4.79 Å². The molecule has 1 amide bonds. The average Bonchev–Trinajstić information content (AvgIpc) is 3.17. The van der Waals surface area contributed by atoms with E-state index in [2.05, 4.69) is 16.7 Å². The molecule has 0 spiro atoms. The van der Waals surface area contributed by atoms with Crippen molar-refractivity contribution in [2.24, 2.45) is 0 Å². The molecule has 0 aliphatic carbocycles. The number of aromatic nitrogens is 3. The summed E-state index contributed by atoms with van der Waals surface area (Å²) in [5.41, 5.74) is 0.974. The van der Waals surface area contributed by atoms with Crippen molar-refractivity contribution >= 4 is 22.1 Å². The number of carbonyl (C=O) groups excluding carboxylic acids is 1. The molecule has 0 radical (unpaired) electrons. The molecule has 5 nitrogen and oxygen atoms in total. The number of hydrogen-bond acceptors (Lipinski definition) is 4. The van der Waals surface area contributed by atoms with Crippen LogP contribution in [0.3, 0.4) is 0 Å². The minimum Gasteiger partial charge on any atom is -0.330 e. The topological polar surface area (TPSA) is 50.5 Å². The molecule has 1 atom stereocenters. The van der Waals surface area contributed by atoms with Gasteiger partial charge in [0, 0.05) is 6.54 Å². The van der Waals surface area contributed by atoms with Crippen LogP contribution in [0.4, 0.5) is 0 Å². The van der Waals surface area contributed by atoms with Crippen LogP contribution in [0.1, 0.15) is 41.8 Å². The van der Waals surface area contributed by atoms with Gasteiger partial charge in [-0.05, 0) is 38.7 Å². The summed E-state index contributed by atoms with van der Waals surface area (Å²) >= 11 is 1.39. The van der Waals surface area contributed by atoms with Crippen LogP contribution in [-0.4, -0.2) is 38.0 Å². The molecule has 1 saturated heterocycles. The normalized spacial score (nSPS) is 18.9. The second-order valence-electron chi connectivity index (χ2n) is 5.93. The Kier molecular flexibility index (Phi) is 4.94. The third-order valence-electron chi connectivity index (χ3n) is 4.26.